The van der Waals surface area contributed by atoms with Gasteiger partial charge in [-0.3, -0.25) is 9.59 Å². The lowest BCUT2D eigenvalue weighted by atomic mass is 9.96. The van der Waals surface area contributed by atoms with E-state index >= 15 is 0 Å². The van der Waals surface area contributed by atoms with Crippen molar-refractivity contribution in [1.29, 1.82) is 0 Å². The zero-order valence-corrected chi connectivity index (χ0v) is 19.4. The predicted molar refractivity (Wildman–Crippen MR) is 127 cm³/mol. The van der Waals surface area contributed by atoms with Gasteiger partial charge in [-0.05, 0) is 67.6 Å². The maximum Gasteiger partial charge on any atom is 0.267 e. The summed E-state index contributed by atoms with van der Waals surface area (Å²) < 4.78 is 5.21. The number of piperidine rings is 1. The highest BCUT2D eigenvalue weighted by Gasteiger charge is 2.28. The number of imidazole rings is 1. The molecule has 172 valence electrons. The number of amides is 2. The largest absolute Gasteiger partial charge is 0.497 e. The molecule has 2 amide bonds. The van der Waals surface area contributed by atoms with Crippen LogP contribution in [0.1, 0.15) is 51.8 Å². The van der Waals surface area contributed by atoms with E-state index in [0.29, 0.717) is 24.5 Å². The number of aryl methyl sites for hydroxylation is 2. The number of ether oxygens (including phenoxy) is 1. The number of likely N-dealkylation sites (tertiary alicyclic amines) is 1. The van der Waals surface area contributed by atoms with Crippen LogP contribution in [0.4, 0.5) is 0 Å². The van der Waals surface area contributed by atoms with E-state index in [9.17, 15) is 9.59 Å². The third-order valence-electron chi connectivity index (χ3n) is 6.42. The minimum absolute atomic E-state index is 0.0209. The lowest BCUT2D eigenvalue weighted by Crippen LogP contribution is -2.40. The second-order valence-electron chi connectivity index (χ2n) is 8.71. The Labute approximate surface area is 194 Å². The summed E-state index contributed by atoms with van der Waals surface area (Å²) in [7, 11) is 1.60. The zero-order valence-electron chi connectivity index (χ0n) is 19.4. The molecule has 1 saturated heterocycles. The summed E-state index contributed by atoms with van der Waals surface area (Å²) in [6.45, 7) is 5.43. The zero-order chi connectivity index (χ0) is 23.5. The molecular weight excluding hydrogens is 416 g/mol. The van der Waals surface area contributed by atoms with Crippen molar-refractivity contribution in [2.75, 3.05) is 20.2 Å². The number of carbonyl (C=O) groups excluding carboxylic acids is 2. The average molecular weight is 447 g/mol. The van der Waals surface area contributed by atoms with Gasteiger partial charge in [0.1, 0.15) is 23.0 Å². The monoisotopic (exact) mass is 446 g/mol. The van der Waals surface area contributed by atoms with Crippen molar-refractivity contribution >= 4 is 11.8 Å². The molecule has 3 aromatic rings. The van der Waals surface area contributed by atoms with Gasteiger partial charge in [0.2, 0.25) is 5.91 Å². The third kappa shape index (κ3) is 4.92. The highest BCUT2D eigenvalue weighted by Crippen LogP contribution is 2.30. The van der Waals surface area contributed by atoms with Crippen molar-refractivity contribution in [1.82, 2.24) is 14.9 Å². The first-order valence-electron chi connectivity index (χ1n) is 11.2. The summed E-state index contributed by atoms with van der Waals surface area (Å²) in [5.74, 6) is 0.990. The summed E-state index contributed by atoms with van der Waals surface area (Å²) in [6.07, 6.45) is 2.16. The van der Waals surface area contributed by atoms with Gasteiger partial charge in [0.25, 0.3) is 5.91 Å². The SMILES string of the molecule is COc1ccc(-c2nc([C@H]3CCCN(C(=O)Cc4ccc(C)c(C)c4)C3)[nH]c2C(N)=O)cc1. The Kier molecular flexibility index (Phi) is 6.49. The van der Waals surface area contributed by atoms with Crippen LogP contribution < -0.4 is 10.5 Å². The van der Waals surface area contributed by atoms with E-state index < -0.39 is 5.91 Å². The predicted octanol–water partition coefficient (Wildman–Crippen LogP) is 3.75. The molecule has 4 rings (SSSR count). The van der Waals surface area contributed by atoms with Gasteiger partial charge in [0, 0.05) is 24.6 Å². The number of nitrogens with zero attached hydrogens (tertiary/aromatic N) is 2. The van der Waals surface area contributed by atoms with Crippen LogP contribution in [-0.4, -0.2) is 46.9 Å². The van der Waals surface area contributed by atoms with Crippen LogP contribution in [0.15, 0.2) is 42.5 Å². The number of aromatic nitrogens is 2. The second kappa shape index (κ2) is 9.48. The number of carbonyl (C=O) groups is 2. The van der Waals surface area contributed by atoms with Crippen LogP contribution in [0, 0.1) is 13.8 Å². The van der Waals surface area contributed by atoms with Crippen molar-refractivity contribution in [3.8, 4) is 17.0 Å². The number of hydrogen-bond donors (Lipinski definition) is 2. The van der Waals surface area contributed by atoms with E-state index in [2.05, 4.69) is 31.0 Å². The normalized spacial score (nSPS) is 16.0. The Bertz CT molecular complexity index is 1170. The number of benzene rings is 2. The smallest absolute Gasteiger partial charge is 0.267 e. The van der Waals surface area contributed by atoms with E-state index in [1.54, 1.807) is 7.11 Å². The van der Waals surface area contributed by atoms with Crippen LogP contribution in [0.25, 0.3) is 11.3 Å². The number of H-pyrrole nitrogens is 1. The quantitative estimate of drug-likeness (QED) is 0.602. The first kappa shape index (κ1) is 22.6. The van der Waals surface area contributed by atoms with Gasteiger partial charge in [0.15, 0.2) is 0 Å². The Morgan fingerprint density at radius 3 is 2.58 bits per heavy atom. The number of aromatic amines is 1. The fourth-order valence-corrected chi connectivity index (χ4v) is 4.35. The molecule has 2 aromatic carbocycles. The molecule has 7 nitrogen and oxygen atoms in total. The molecule has 1 aliphatic heterocycles. The maximum atomic E-state index is 13.0. The van der Waals surface area contributed by atoms with Crippen molar-refractivity contribution in [2.45, 2.75) is 39.0 Å². The molecule has 33 heavy (non-hydrogen) atoms. The van der Waals surface area contributed by atoms with E-state index in [0.717, 1.165) is 36.3 Å². The van der Waals surface area contributed by atoms with Crippen LogP contribution in [0.5, 0.6) is 5.75 Å². The van der Waals surface area contributed by atoms with Crippen LogP contribution in [0.2, 0.25) is 0 Å². The van der Waals surface area contributed by atoms with Gasteiger partial charge in [-0.1, -0.05) is 18.2 Å². The maximum absolute atomic E-state index is 13.0. The van der Waals surface area contributed by atoms with Crippen LogP contribution >= 0.6 is 0 Å². The fourth-order valence-electron chi connectivity index (χ4n) is 4.35. The molecule has 0 saturated carbocycles. The third-order valence-corrected chi connectivity index (χ3v) is 6.42. The Morgan fingerprint density at radius 1 is 1.15 bits per heavy atom. The van der Waals surface area contributed by atoms with E-state index in [-0.39, 0.29) is 17.5 Å². The van der Waals surface area contributed by atoms with E-state index in [4.69, 9.17) is 15.5 Å². The number of nitrogens with one attached hydrogen (secondary N) is 1. The number of primary amides is 1. The highest BCUT2D eigenvalue weighted by molar-refractivity contribution is 5.97. The van der Waals surface area contributed by atoms with Gasteiger partial charge < -0.3 is 20.4 Å². The summed E-state index contributed by atoms with van der Waals surface area (Å²) in [5.41, 5.74) is 10.7. The van der Waals surface area contributed by atoms with Gasteiger partial charge in [0.05, 0.1) is 13.5 Å². The minimum Gasteiger partial charge on any atom is -0.497 e. The van der Waals surface area contributed by atoms with E-state index in [1.807, 2.05) is 35.2 Å². The summed E-state index contributed by atoms with van der Waals surface area (Å²) >= 11 is 0. The average Bonchev–Trinajstić information content (AvgIpc) is 3.28. The number of nitrogens with two attached hydrogens (primary N) is 1. The van der Waals surface area contributed by atoms with Crippen molar-refractivity contribution in [3.05, 3.63) is 70.7 Å². The molecule has 0 unspecified atom stereocenters. The first-order valence-corrected chi connectivity index (χ1v) is 11.2. The summed E-state index contributed by atoms with van der Waals surface area (Å²) in [4.78, 5) is 34.9. The molecule has 0 bridgehead atoms. The van der Waals surface area contributed by atoms with Gasteiger partial charge in [-0.25, -0.2) is 4.98 Å². The standard InChI is InChI=1S/C26H30N4O3/c1-16-6-7-18(13-17(16)2)14-22(31)30-12-4-5-20(15-30)26-28-23(24(29-26)25(27)32)19-8-10-21(33-3)11-9-19/h6-11,13,20H,4-5,12,14-15H2,1-3H3,(H2,27,32)(H,28,29)/t20-/m0/s1. The van der Waals surface area contributed by atoms with Crippen LogP contribution in [0.3, 0.4) is 0 Å². The highest BCUT2D eigenvalue weighted by atomic mass is 16.5. The number of rotatable bonds is 6. The van der Waals surface area contributed by atoms with Gasteiger partial charge in [-0.15, -0.1) is 0 Å². The fraction of sp³-hybridized carbons (Fsp3) is 0.346. The molecule has 1 atom stereocenters. The van der Waals surface area contributed by atoms with Crippen molar-refractivity contribution < 1.29 is 14.3 Å². The number of methoxy groups -OCH3 is 1. The lowest BCUT2D eigenvalue weighted by Gasteiger charge is -2.32. The molecule has 7 heteroatoms. The topological polar surface area (TPSA) is 101 Å². The molecule has 2 heterocycles. The lowest BCUT2D eigenvalue weighted by molar-refractivity contribution is -0.131. The minimum atomic E-state index is -0.557. The molecule has 0 aliphatic carbocycles. The summed E-state index contributed by atoms with van der Waals surface area (Å²) in [5, 5.41) is 0. The second-order valence-corrected chi connectivity index (χ2v) is 8.71. The number of hydrogen-bond acceptors (Lipinski definition) is 4. The summed E-state index contributed by atoms with van der Waals surface area (Å²) in [6, 6.07) is 13.5. The Morgan fingerprint density at radius 2 is 1.91 bits per heavy atom. The molecule has 1 fully saturated rings. The van der Waals surface area contributed by atoms with Crippen molar-refractivity contribution in [2.24, 2.45) is 5.73 Å². The van der Waals surface area contributed by atoms with Crippen molar-refractivity contribution in [3.63, 3.8) is 0 Å². The molecular formula is C26H30N4O3. The van der Waals surface area contributed by atoms with Gasteiger partial charge in [-0.2, -0.15) is 0 Å². The van der Waals surface area contributed by atoms with Crippen LogP contribution in [-0.2, 0) is 11.2 Å². The molecule has 3 N–H and O–H groups in total. The molecule has 0 spiro atoms. The molecule has 1 aliphatic rings. The van der Waals surface area contributed by atoms with Gasteiger partial charge >= 0.3 is 0 Å². The first-order chi connectivity index (χ1) is 15.9. The Balaban J connectivity index is 1.53. The van der Waals surface area contributed by atoms with E-state index in [1.165, 1.54) is 11.1 Å². The molecule has 1 aromatic heterocycles. The molecule has 0 radical (unpaired) electrons. The Hall–Kier alpha value is -3.61.